The minimum atomic E-state index is 0.783. The van der Waals surface area contributed by atoms with Gasteiger partial charge in [-0.2, -0.15) is 0 Å². The Morgan fingerprint density at radius 2 is 2.37 bits per heavy atom. The number of nitrogens with one attached hydrogen (secondary N) is 1. The Kier molecular flexibility index (Phi) is 4.57. The zero-order valence-corrected chi connectivity index (χ0v) is 12.8. The van der Waals surface area contributed by atoms with Crippen molar-refractivity contribution in [2.75, 3.05) is 19.6 Å². The summed E-state index contributed by atoms with van der Waals surface area (Å²) in [6.45, 7) is 7.19. The van der Waals surface area contributed by atoms with Crippen LogP contribution in [0.4, 0.5) is 0 Å². The van der Waals surface area contributed by atoms with Crippen molar-refractivity contribution in [1.29, 1.82) is 0 Å². The van der Waals surface area contributed by atoms with Gasteiger partial charge in [0.25, 0.3) is 0 Å². The second-order valence-electron chi connectivity index (χ2n) is 6.32. The van der Waals surface area contributed by atoms with Crippen LogP contribution in [0.2, 0.25) is 0 Å². The Bertz CT molecular complexity index is 401. The molecule has 2 unspecified atom stereocenters. The highest BCUT2D eigenvalue weighted by Crippen LogP contribution is 2.24. The smallest absolute Gasteiger partial charge is 0.0245 e. The van der Waals surface area contributed by atoms with Crippen LogP contribution >= 0.6 is 11.3 Å². The van der Waals surface area contributed by atoms with Gasteiger partial charge in [0.2, 0.25) is 0 Å². The van der Waals surface area contributed by atoms with Crippen LogP contribution in [0.15, 0.2) is 11.4 Å². The number of hydrogen-bond donors (Lipinski definition) is 1. The first-order valence-electron chi connectivity index (χ1n) is 7.82. The summed E-state index contributed by atoms with van der Waals surface area (Å²) < 4.78 is 0. The Balaban J connectivity index is 1.39. The van der Waals surface area contributed by atoms with Gasteiger partial charge >= 0.3 is 0 Å². The lowest BCUT2D eigenvalue weighted by molar-refractivity contribution is 0.238. The fourth-order valence-electron chi connectivity index (χ4n) is 3.54. The van der Waals surface area contributed by atoms with E-state index >= 15 is 0 Å². The number of thiophene rings is 1. The molecule has 3 rings (SSSR count). The van der Waals surface area contributed by atoms with Crippen molar-refractivity contribution < 1.29 is 0 Å². The first-order valence-corrected chi connectivity index (χ1v) is 8.70. The quantitative estimate of drug-likeness (QED) is 0.909. The number of nitrogens with zero attached hydrogens (tertiary/aromatic N) is 1. The van der Waals surface area contributed by atoms with Crippen molar-refractivity contribution in [3.05, 3.63) is 21.9 Å². The summed E-state index contributed by atoms with van der Waals surface area (Å²) >= 11 is 1.93. The Hall–Kier alpha value is -0.380. The maximum atomic E-state index is 3.78. The van der Waals surface area contributed by atoms with E-state index < -0.39 is 0 Å². The van der Waals surface area contributed by atoms with Gasteiger partial charge < -0.3 is 5.32 Å². The van der Waals surface area contributed by atoms with Crippen LogP contribution < -0.4 is 5.32 Å². The molecule has 1 aromatic heterocycles. The molecule has 2 heterocycles. The third-order valence-electron chi connectivity index (χ3n) is 4.68. The summed E-state index contributed by atoms with van der Waals surface area (Å²) in [6.07, 6.45) is 6.88. The normalized spacial score (nSPS) is 28.3. The van der Waals surface area contributed by atoms with Gasteiger partial charge in [-0.25, -0.2) is 0 Å². The van der Waals surface area contributed by atoms with E-state index in [1.54, 1.807) is 10.4 Å². The van der Waals surface area contributed by atoms with Gasteiger partial charge in [0.05, 0.1) is 0 Å². The predicted octanol–water partition coefficient (Wildman–Crippen LogP) is 3.27. The molecule has 2 nitrogen and oxygen atoms in total. The van der Waals surface area contributed by atoms with E-state index in [2.05, 4.69) is 28.6 Å². The van der Waals surface area contributed by atoms with Gasteiger partial charge in [-0.3, -0.25) is 4.90 Å². The molecule has 0 radical (unpaired) electrons. The Morgan fingerprint density at radius 1 is 1.42 bits per heavy atom. The van der Waals surface area contributed by atoms with Crippen LogP contribution in [0.25, 0.3) is 0 Å². The lowest BCUT2D eigenvalue weighted by Gasteiger charge is -2.30. The van der Waals surface area contributed by atoms with Crippen molar-refractivity contribution in [2.45, 2.75) is 51.6 Å². The molecule has 106 valence electrons. The number of rotatable bonds is 4. The van der Waals surface area contributed by atoms with E-state index in [4.69, 9.17) is 0 Å². The summed E-state index contributed by atoms with van der Waals surface area (Å²) in [5.74, 6) is 0.926. The van der Waals surface area contributed by atoms with Gasteiger partial charge in [-0.05, 0) is 42.2 Å². The highest BCUT2D eigenvalue weighted by molar-refractivity contribution is 7.10. The van der Waals surface area contributed by atoms with E-state index in [9.17, 15) is 0 Å². The van der Waals surface area contributed by atoms with Gasteiger partial charge in [-0.15, -0.1) is 11.3 Å². The zero-order chi connectivity index (χ0) is 13.1. The maximum absolute atomic E-state index is 3.78. The van der Waals surface area contributed by atoms with Crippen LogP contribution in [0, 0.1) is 5.92 Å². The second-order valence-corrected chi connectivity index (χ2v) is 7.32. The lowest BCUT2D eigenvalue weighted by atomic mass is 9.87. The average molecular weight is 278 g/mol. The molecular weight excluding hydrogens is 252 g/mol. The number of fused-ring (bicyclic) bond motifs is 1. The van der Waals surface area contributed by atoms with Crippen LogP contribution in [0.5, 0.6) is 0 Å². The standard InChI is InChI=1S/C16H26N2S/c1-13-3-2-4-15(11-13)17-7-9-18-8-5-16-14(12-18)6-10-19-16/h6,10,13,15,17H,2-5,7-9,11-12H2,1H3. The molecule has 1 fully saturated rings. The molecule has 19 heavy (non-hydrogen) atoms. The molecule has 1 aliphatic heterocycles. The Morgan fingerprint density at radius 3 is 3.26 bits per heavy atom. The first-order chi connectivity index (χ1) is 9.31. The summed E-state index contributed by atoms with van der Waals surface area (Å²) in [7, 11) is 0. The average Bonchev–Trinajstić information content (AvgIpc) is 2.86. The molecule has 1 aliphatic carbocycles. The first kappa shape index (κ1) is 13.6. The van der Waals surface area contributed by atoms with E-state index in [1.807, 2.05) is 11.3 Å². The second kappa shape index (κ2) is 6.38. The molecule has 1 aromatic rings. The molecule has 0 aromatic carbocycles. The van der Waals surface area contributed by atoms with Crippen LogP contribution in [0.3, 0.4) is 0 Å². The summed E-state index contributed by atoms with van der Waals surface area (Å²) in [6, 6.07) is 3.09. The van der Waals surface area contributed by atoms with Crippen molar-refractivity contribution in [3.63, 3.8) is 0 Å². The summed E-state index contributed by atoms with van der Waals surface area (Å²) in [5, 5.41) is 6.02. The van der Waals surface area contributed by atoms with Gasteiger partial charge in [0.1, 0.15) is 0 Å². The number of hydrogen-bond acceptors (Lipinski definition) is 3. The summed E-state index contributed by atoms with van der Waals surface area (Å²) in [4.78, 5) is 4.22. The molecule has 2 atom stereocenters. The minimum Gasteiger partial charge on any atom is -0.313 e. The monoisotopic (exact) mass is 278 g/mol. The van der Waals surface area contributed by atoms with E-state index in [0.717, 1.165) is 18.5 Å². The highest BCUT2D eigenvalue weighted by Gasteiger charge is 2.19. The third kappa shape index (κ3) is 3.59. The van der Waals surface area contributed by atoms with Crippen LogP contribution in [-0.2, 0) is 13.0 Å². The minimum absolute atomic E-state index is 0.783. The fraction of sp³-hybridized carbons (Fsp3) is 0.750. The molecular formula is C16H26N2S. The third-order valence-corrected chi connectivity index (χ3v) is 5.71. The van der Waals surface area contributed by atoms with Crippen molar-refractivity contribution in [1.82, 2.24) is 10.2 Å². The molecule has 0 bridgehead atoms. The fourth-order valence-corrected chi connectivity index (χ4v) is 4.43. The van der Waals surface area contributed by atoms with Crippen molar-refractivity contribution >= 4 is 11.3 Å². The SMILES string of the molecule is CC1CCCC(NCCN2CCc3sccc3C2)C1. The molecule has 1 saturated carbocycles. The molecule has 0 spiro atoms. The zero-order valence-electron chi connectivity index (χ0n) is 12.0. The van der Waals surface area contributed by atoms with Gasteiger partial charge in [-0.1, -0.05) is 19.8 Å². The van der Waals surface area contributed by atoms with Gasteiger partial charge in [0.15, 0.2) is 0 Å². The molecule has 3 heteroatoms. The van der Waals surface area contributed by atoms with Crippen molar-refractivity contribution in [3.8, 4) is 0 Å². The lowest BCUT2D eigenvalue weighted by Crippen LogP contribution is -2.40. The topological polar surface area (TPSA) is 15.3 Å². The van der Waals surface area contributed by atoms with Gasteiger partial charge in [0, 0.05) is 37.1 Å². The molecule has 1 N–H and O–H groups in total. The van der Waals surface area contributed by atoms with Crippen molar-refractivity contribution in [2.24, 2.45) is 5.92 Å². The molecule has 0 saturated heterocycles. The van der Waals surface area contributed by atoms with Crippen LogP contribution in [-0.4, -0.2) is 30.6 Å². The van der Waals surface area contributed by atoms with E-state index in [-0.39, 0.29) is 0 Å². The predicted molar refractivity (Wildman–Crippen MR) is 82.7 cm³/mol. The summed E-state index contributed by atoms with van der Waals surface area (Å²) in [5.41, 5.74) is 1.57. The highest BCUT2D eigenvalue weighted by atomic mass is 32.1. The van der Waals surface area contributed by atoms with E-state index in [1.165, 1.54) is 51.7 Å². The molecule has 0 amide bonds. The Labute approximate surface area is 121 Å². The van der Waals surface area contributed by atoms with E-state index in [0.29, 0.717) is 0 Å². The molecule has 2 aliphatic rings. The maximum Gasteiger partial charge on any atom is 0.0245 e. The largest absolute Gasteiger partial charge is 0.313 e. The van der Waals surface area contributed by atoms with Crippen LogP contribution in [0.1, 0.15) is 43.0 Å².